The fourth-order valence-corrected chi connectivity index (χ4v) is 1.85. The van der Waals surface area contributed by atoms with E-state index in [1.165, 1.54) is 12.1 Å². The summed E-state index contributed by atoms with van der Waals surface area (Å²) in [5, 5.41) is 19.8. The Kier molecular flexibility index (Phi) is 5.86. The van der Waals surface area contributed by atoms with E-state index in [0.717, 1.165) is 6.08 Å². The molecule has 0 saturated carbocycles. The Morgan fingerprint density at radius 3 is 2.76 bits per heavy atom. The lowest BCUT2D eigenvalue weighted by atomic mass is 10.1. The van der Waals surface area contributed by atoms with E-state index in [2.05, 4.69) is 0 Å². The van der Waals surface area contributed by atoms with Crippen LogP contribution in [-0.4, -0.2) is 42.8 Å². The third-order valence-electron chi connectivity index (χ3n) is 3.06. The first-order valence-electron chi connectivity index (χ1n) is 6.28. The zero-order valence-corrected chi connectivity index (χ0v) is 12.1. The van der Waals surface area contributed by atoms with Crippen molar-refractivity contribution in [2.75, 3.05) is 25.7 Å². The molecule has 7 nitrogen and oxygen atoms in total. The van der Waals surface area contributed by atoms with Gasteiger partial charge in [-0.1, -0.05) is 6.07 Å². The molecule has 0 amide bonds. The van der Waals surface area contributed by atoms with Crippen LogP contribution >= 0.6 is 0 Å². The number of aliphatic carboxylic acids is 1. The fourth-order valence-electron chi connectivity index (χ4n) is 1.85. The number of carboxylic acids is 1. The third kappa shape index (κ3) is 4.57. The van der Waals surface area contributed by atoms with Crippen molar-refractivity contribution in [2.24, 2.45) is 0 Å². The predicted molar refractivity (Wildman–Crippen MR) is 79.5 cm³/mol. The van der Waals surface area contributed by atoms with Crippen molar-refractivity contribution >= 4 is 23.4 Å². The van der Waals surface area contributed by atoms with Crippen molar-refractivity contribution in [1.29, 1.82) is 0 Å². The molecule has 0 fully saturated rings. The molecular weight excluding hydrogens is 276 g/mol. The molecule has 1 N–H and O–H groups in total. The van der Waals surface area contributed by atoms with E-state index in [1.54, 1.807) is 31.2 Å². The molecular formula is C14H18N2O5. The summed E-state index contributed by atoms with van der Waals surface area (Å²) in [4.78, 5) is 23.0. The number of nitrogens with zero attached hydrogens (tertiary/aromatic N) is 2. The standard InChI is InChI=1S/C14H18N2O5/c1-10(9-21-3)15(2)12-6-4-11(5-7-14(17)18)8-13(12)16(19)20/h4-8,10H,9H2,1-3H3,(H,17,18). The van der Waals surface area contributed by atoms with Gasteiger partial charge in [0.1, 0.15) is 5.69 Å². The average molecular weight is 294 g/mol. The quantitative estimate of drug-likeness (QED) is 0.470. The largest absolute Gasteiger partial charge is 0.478 e. The first-order chi connectivity index (χ1) is 9.86. The van der Waals surface area contributed by atoms with Crippen LogP contribution in [0.2, 0.25) is 0 Å². The number of ether oxygens (including phenoxy) is 1. The van der Waals surface area contributed by atoms with E-state index in [4.69, 9.17) is 9.84 Å². The number of nitro groups is 1. The van der Waals surface area contributed by atoms with Crippen LogP contribution in [0.4, 0.5) is 11.4 Å². The number of methoxy groups -OCH3 is 1. The maximum absolute atomic E-state index is 11.2. The molecule has 0 radical (unpaired) electrons. The van der Waals surface area contributed by atoms with Gasteiger partial charge < -0.3 is 14.7 Å². The number of nitro benzene ring substituents is 1. The minimum absolute atomic E-state index is 0.0332. The highest BCUT2D eigenvalue weighted by Gasteiger charge is 2.20. The van der Waals surface area contributed by atoms with Crippen LogP contribution in [-0.2, 0) is 9.53 Å². The highest BCUT2D eigenvalue weighted by Crippen LogP contribution is 2.30. The zero-order chi connectivity index (χ0) is 16.0. The first-order valence-corrected chi connectivity index (χ1v) is 6.28. The van der Waals surface area contributed by atoms with Crippen LogP contribution in [0.3, 0.4) is 0 Å². The molecule has 0 heterocycles. The van der Waals surface area contributed by atoms with Gasteiger partial charge in [0.05, 0.1) is 11.5 Å². The summed E-state index contributed by atoms with van der Waals surface area (Å²) >= 11 is 0. The van der Waals surface area contributed by atoms with Crippen LogP contribution < -0.4 is 4.90 Å². The third-order valence-corrected chi connectivity index (χ3v) is 3.06. The lowest BCUT2D eigenvalue weighted by molar-refractivity contribution is -0.384. The van der Waals surface area contributed by atoms with Crippen LogP contribution in [0.1, 0.15) is 12.5 Å². The molecule has 0 bridgehead atoms. The SMILES string of the molecule is COCC(C)N(C)c1ccc(C=CC(=O)O)cc1[N+](=O)[O-]. The summed E-state index contributed by atoms with van der Waals surface area (Å²) < 4.78 is 5.05. The van der Waals surface area contributed by atoms with Gasteiger partial charge in [-0.15, -0.1) is 0 Å². The molecule has 1 aromatic carbocycles. The molecule has 0 spiro atoms. The van der Waals surface area contributed by atoms with Crippen LogP contribution in [0.5, 0.6) is 0 Å². The maximum atomic E-state index is 11.2. The van der Waals surface area contributed by atoms with Crippen molar-refractivity contribution in [3.63, 3.8) is 0 Å². The molecule has 7 heteroatoms. The van der Waals surface area contributed by atoms with Crippen molar-refractivity contribution in [3.05, 3.63) is 40.0 Å². The van der Waals surface area contributed by atoms with Gasteiger partial charge in [-0.3, -0.25) is 10.1 Å². The van der Waals surface area contributed by atoms with Gasteiger partial charge in [0.25, 0.3) is 5.69 Å². The molecule has 0 aliphatic heterocycles. The summed E-state index contributed by atoms with van der Waals surface area (Å²) in [7, 11) is 3.32. The molecule has 1 aromatic rings. The van der Waals surface area contributed by atoms with Crippen LogP contribution in [0.25, 0.3) is 6.08 Å². The van der Waals surface area contributed by atoms with E-state index >= 15 is 0 Å². The van der Waals surface area contributed by atoms with Gasteiger partial charge in [-0.2, -0.15) is 0 Å². The second-order valence-corrected chi connectivity index (χ2v) is 4.59. The smallest absolute Gasteiger partial charge is 0.328 e. The number of likely N-dealkylation sites (N-methyl/N-ethyl adjacent to an activating group) is 1. The summed E-state index contributed by atoms with van der Waals surface area (Å²) in [6.45, 7) is 2.33. The molecule has 1 unspecified atom stereocenters. The molecule has 0 aliphatic carbocycles. The Labute approximate surface area is 122 Å². The van der Waals surface area contributed by atoms with E-state index in [0.29, 0.717) is 17.9 Å². The Morgan fingerprint density at radius 2 is 2.24 bits per heavy atom. The number of benzene rings is 1. The summed E-state index contributed by atoms with van der Waals surface area (Å²) in [5.74, 6) is -1.10. The minimum atomic E-state index is -1.10. The Morgan fingerprint density at radius 1 is 1.57 bits per heavy atom. The number of anilines is 1. The number of hydrogen-bond acceptors (Lipinski definition) is 5. The Bertz CT molecular complexity index is 556. The molecule has 21 heavy (non-hydrogen) atoms. The van der Waals surface area contributed by atoms with Crippen molar-refractivity contribution < 1.29 is 19.6 Å². The van der Waals surface area contributed by atoms with E-state index in [-0.39, 0.29) is 11.7 Å². The normalized spacial score (nSPS) is 12.3. The van der Waals surface area contributed by atoms with Crippen molar-refractivity contribution in [3.8, 4) is 0 Å². The Balaban J connectivity index is 3.16. The second kappa shape index (κ2) is 7.39. The predicted octanol–water partition coefficient (Wildman–Crippen LogP) is 2.16. The maximum Gasteiger partial charge on any atom is 0.328 e. The lowest BCUT2D eigenvalue weighted by Crippen LogP contribution is -2.33. The van der Waals surface area contributed by atoms with Gasteiger partial charge in [-0.25, -0.2) is 4.79 Å². The zero-order valence-electron chi connectivity index (χ0n) is 12.1. The van der Waals surface area contributed by atoms with Crippen molar-refractivity contribution in [1.82, 2.24) is 0 Å². The van der Waals surface area contributed by atoms with E-state index < -0.39 is 10.9 Å². The second-order valence-electron chi connectivity index (χ2n) is 4.59. The van der Waals surface area contributed by atoms with E-state index in [9.17, 15) is 14.9 Å². The summed E-state index contributed by atoms with van der Waals surface area (Å²) in [6, 6.07) is 4.56. The number of rotatable bonds is 7. The van der Waals surface area contributed by atoms with Gasteiger partial charge in [0, 0.05) is 32.3 Å². The van der Waals surface area contributed by atoms with Crippen molar-refractivity contribution in [2.45, 2.75) is 13.0 Å². The highest BCUT2D eigenvalue weighted by molar-refractivity contribution is 5.85. The molecule has 114 valence electrons. The summed E-state index contributed by atoms with van der Waals surface area (Å²) in [5.41, 5.74) is 0.839. The van der Waals surface area contributed by atoms with Gasteiger partial charge in [0.15, 0.2) is 0 Å². The topological polar surface area (TPSA) is 92.9 Å². The molecule has 0 aliphatic rings. The van der Waals surface area contributed by atoms with Gasteiger partial charge in [-0.05, 0) is 24.6 Å². The number of carboxylic acid groups (broad SMARTS) is 1. The van der Waals surface area contributed by atoms with Gasteiger partial charge in [0.2, 0.25) is 0 Å². The number of carbonyl (C=O) groups is 1. The van der Waals surface area contributed by atoms with E-state index in [1.807, 2.05) is 6.92 Å². The minimum Gasteiger partial charge on any atom is -0.478 e. The Hall–Kier alpha value is -2.41. The molecule has 1 rings (SSSR count). The van der Waals surface area contributed by atoms with Crippen LogP contribution in [0, 0.1) is 10.1 Å². The van der Waals surface area contributed by atoms with Crippen LogP contribution in [0.15, 0.2) is 24.3 Å². The monoisotopic (exact) mass is 294 g/mol. The fraction of sp³-hybridized carbons (Fsp3) is 0.357. The van der Waals surface area contributed by atoms with Gasteiger partial charge >= 0.3 is 5.97 Å². The average Bonchev–Trinajstić information content (AvgIpc) is 2.44. The molecule has 0 aromatic heterocycles. The highest BCUT2D eigenvalue weighted by atomic mass is 16.6. The molecule has 1 atom stereocenters. The lowest BCUT2D eigenvalue weighted by Gasteiger charge is -2.26. The summed E-state index contributed by atoms with van der Waals surface area (Å²) in [6.07, 6.45) is 2.26. The molecule has 0 saturated heterocycles. The number of hydrogen-bond donors (Lipinski definition) is 1. The first kappa shape index (κ1) is 16.6.